The zero-order valence-corrected chi connectivity index (χ0v) is 14.5. The molecule has 0 aromatic heterocycles. The van der Waals surface area contributed by atoms with Crippen LogP contribution in [0, 0.1) is 0 Å². The normalized spacial score (nSPS) is 13.5. The molecule has 0 aromatic rings. The van der Waals surface area contributed by atoms with E-state index in [1.807, 2.05) is 12.1 Å². The van der Waals surface area contributed by atoms with Crippen molar-refractivity contribution in [3.05, 3.63) is 36.5 Å². The Bertz CT molecular complexity index is 362. The Balaban J connectivity index is 4.50. The van der Waals surface area contributed by atoms with Gasteiger partial charge in [-0.3, -0.25) is 5.43 Å². The second-order valence-electron chi connectivity index (χ2n) is 5.01. The van der Waals surface area contributed by atoms with Gasteiger partial charge in [-0.05, 0) is 39.0 Å². The topological polar surface area (TPSA) is 41.6 Å². The molecule has 0 bridgehead atoms. The fourth-order valence-corrected chi connectivity index (χ4v) is 1.94. The number of nitrogens with zero attached hydrogens (tertiary/aromatic N) is 1. The molecule has 0 saturated carbocycles. The number of hydrogen-bond donors (Lipinski definition) is 1. The fourth-order valence-electron chi connectivity index (χ4n) is 1.94. The first-order chi connectivity index (χ1) is 10.7. The number of amides is 1. The summed E-state index contributed by atoms with van der Waals surface area (Å²) in [7, 11) is 1.87. The van der Waals surface area contributed by atoms with E-state index >= 15 is 0 Å². The van der Waals surface area contributed by atoms with Crippen LogP contribution in [0.3, 0.4) is 0 Å². The molecule has 1 N–H and O–H groups in total. The number of likely N-dealkylation sites (N-methyl/N-ethyl adjacent to an activating group) is 1. The number of ether oxygens (including phenoxy) is 1. The number of allylic oxidation sites excluding steroid dienone is 5. The largest absolute Gasteiger partial charge is 0.449 e. The lowest BCUT2D eigenvalue weighted by atomic mass is 10.1. The Hall–Kier alpha value is -1.55. The maximum Gasteiger partial charge on any atom is 0.421 e. The summed E-state index contributed by atoms with van der Waals surface area (Å²) in [6.07, 6.45) is 17.5. The molecule has 0 fully saturated rings. The minimum atomic E-state index is -0.404. The summed E-state index contributed by atoms with van der Waals surface area (Å²) in [5, 5.41) is 1.82. The van der Waals surface area contributed by atoms with Gasteiger partial charge in [-0.15, -0.1) is 0 Å². The number of hydrogen-bond acceptors (Lipinski definition) is 3. The number of carbonyl (C=O) groups is 1. The van der Waals surface area contributed by atoms with Crippen molar-refractivity contribution < 1.29 is 9.53 Å². The summed E-state index contributed by atoms with van der Waals surface area (Å²) >= 11 is 0. The van der Waals surface area contributed by atoms with Crippen molar-refractivity contribution in [2.24, 2.45) is 0 Å². The van der Waals surface area contributed by atoms with Crippen LogP contribution in [0.4, 0.5) is 4.79 Å². The van der Waals surface area contributed by atoms with Crippen molar-refractivity contribution >= 4 is 6.09 Å². The molecule has 0 radical (unpaired) electrons. The van der Waals surface area contributed by atoms with Crippen LogP contribution in [0.2, 0.25) is 0 Å². The quantitative estimate of drug-likeness (QED) is 0.448. The van der Waals surface area contributed by atoms with Crippen LogP contribution in [-0.4, -0.2) is 30.8 Å². The molecule has 0 aliphatic rings. The number of carbonyl (C=O) groups excluding carboxylic acids is 1. The minimum absolute atomic E-state index is 0.154. The van der Waals surface area contributed by atoms with Crippen LogP contribution in [0.5, 0.6) is 0 Å². The highest BCUT2D eigenvalue weighted by atomic mass is 16.6. The lowest BCUT2D eigenvalue weighted by Gasteiger charge is -2.25. The van der Waals surface area contributed by atoms with Crippen molar-refractivity contribution in [3.8, 4) is 0 Å². The molecule has 0 rings (SSSR count). The molecule has 1 atom stereocenters. The standard InChI is InChI=1S/C18H32N2O2/c1-5-8-10-12-14-16-17(15-13-11-9-6-2)20(4)19-18(21)22-7-3/h8-11,14,16-17H,5-7,12-13,15H2,1-4H3,(H,19,21)/b10-8+,11-9+,16-14+. The average Bonchev–Trinajstić information content (AvgIpc) is 2.49. The number of hydrazine groups is 1. The van der Waals surface area contributed by atoms with Gasteiger partial charge in [0.1, 0.15) is 0 Å². The van der Waals surface area contributed by atoms with E-state index in [0.717, 1.165) is 32.1 Å². The Labute approximate surface area is 135 Å². The molecule has 4 heteroatoms. The van der Waals surface area contributed by atoms with E-state index in [9.17, 15) is 4.79 Å². The summed E-state index contributed by atoms with van der Waals surface area (Å²) in [4.78, 5) is 11.5. The molecular formula is C18H32N2O2. The summed E-state index contributed by atoms with van der Waals surface area (Å²) in [6.45, 7) is 6.43. The van der Waals surface area contributed by atoms with Crippen LogP contribution in [-0.2, 0) is 4.74 Å². The molecule has 0 aliphatic carbocycles. The third-order valence-corrected chi connectivity index (χ3v) is 3.10. The Morgan fingerprint density at radius 1 is 1.09 bits per heavy atom. The van der Waals surface area contributed by atoms with Crippen molar-refractivity contribution in [2.75, 3.05) is 13.7 Å². The van der Waals surface area contributed by atoms with Gasteiger partial charge in [-0.2, -0.15) is 0 Å². The summed E-state index contributed by atoms with van der Waals surface area (Å²) in [5.74, 6) is 0. The van der Waals surface area contributed by atoms with Crippen LogP contribution in [0.15, 0.2) is 36.5 Å². The van der Waals surface area contributed by atoms with Gasteiger partial charge < -0.3 is 4.74 Å². The maximum absolute atomic E-state index is 11.5. The molecule has 0 spiro atoms. The van der Waals surface area contributed by atoms with Crippen LogP contribution >= 0.6 is 0 Å². The van der Waals surface area contributed by atoms with E-state index in [1.54, 1.807) is 6.92 Å². The maximum atomic E-state index is 11.5. The van der Waals surface area contributed by atoms with Crippen LogP contribution in [0.25, 0.3) is 0 Å². The van der Waals surface area contributed by atoms with Gasteiger partial charge in [0.2, 0.25) is 0 Å². The highest BCUT2D eigenvalue weighted by Crippen LogP contribution is 2.07. The van der Waals surface area contributed by atoms with Crippen LogP contribution in [0.1, 0.15) is 52.9 Å². The molecule has 126 valence electrons. The van der Waals surface area contributed by atoms with Gasteiger partial charge in [-0.1, -0.05) is 50.3 Å². The zero-order chi connectivity index (χ0) is 16.6. The van der Waals surface area contributed by atoms with Gasteiger partial charge >= 0.3 is 6.09 Å². The van der Waals surface area contributed by atoms with Crippen LogP contribution < -0.4 is 5.43 Å². The molecule has 4 nitrogen and oxygen atoms in total. The lowest BCUT2D eigenvalue weighted by molar-refractivity contribution is 0.108. The number of rotatable bonds is 11. The molecule has 1 amide bonds. The SMILES string of the molecule is CC/C=C/C/C=C/C(CC/C=C/CC)N(C)NC(=O)OCC. The van der Waals surface area contributed by atoms with E-state index in [4.69, 9.17) is 4.74 Å². The first-order valence-electron chi connectivity index (χ1n) is 8.28. The Kier molecular flexibility index (Phi) is 13.4. The van der Waals surface area contributed by atoms with E-state index in [-0.39, 0.29) is 6.04 Å². The van der Waals surface area contributed by atoms with Gasteiger partial charge in [0.05, 0.1) is 6.61 Å². The minimum Gasteiger partial charge on any atom is -0.449 e. The van der Waals surface area contributed by atoms with E-state index in [2.05, 4.69) is 55.7 Å². The highest BCUT2D eigenvalue weighted by molar-refractivity contribution is 5.66. The summed E-state index contributed by atoms with van der Waals surface area (Å²) in [5.41, 5.74) is 2.75. The third-order valence-electron chi connectivity index (χ3n) is 3.10. The molecule has 0 aromatic carbocycles. The monoisotopic (exact) mass is 308 g/mol. The molecule has 0 saturated heterocycles. The molecular weight excluding hydrogens is 276 g/mol. The van der Waals surface area contributed by atoms with E-state index in [0.29, 0.717) is 6.61 Å². The van der Waals surface area contributed by atoms with Crippen molar-refractivity contribution in [3.63, 3.8) is 0 Å². The van der Waals surface area contributed by atoms with E-state index in [1.165, 1.54) is 0 Å². The van der Waals surface area contributed by atoms with Gasteiger partial charge in [-0.25, -0.2) is 9.80 Å². The molecule has 1 unspecified atom stereocenters. The highest BCUT2D eigenvalue weighted by Gasteiger charge is 2.13. The zero-order valence-electron chi connectivity index (χ0n) is 14.5. The second-order valence-corrected chi connectivity index (χ2v) is 5.01. The molecule has 0 heterocycles. The average molecular weight is 308 g/mol. The fraction of sp³-hybridized carbons (Fsp3) is 0.611. The first-order valence-corrected chi connectivity index (χ1v) is 8.28. The molecule has 0 aliphatic heterocycles. The van der Waals surface area contributed by atoms with Gasteiger partial charge in [0, 0.05) is 13.1 Å². The summed E-state index contributed by atoms with van der Waals surface area (Å²) in [6, 6.07) is 0.154. The Morgan fingerprint density at radius 2 is 1.77 bits per heavy atom. The molecule has 22 heavy (non-hydrogen) atoms. The van der Waals surface area contributed by atoms with Gasteiger partial charge in [0.15, 0.2) is 0 Å². The predicted molar refractivity (Wildman–Crippen MR) is 93.6 cm³/mol. The van der Waals surface area contributed by atoms with Crippen molar-refractivity contribution in [1.29, 1.82) is 0 Å². The second kappa shape index (κ2) is 14.4. The number of nitrogens with one attached hydrogen (secondary N) is 1. The van der Waals surface area contributed by atoms with E-state index < -0.39 is 6.09 Å². The third kappa shape index (κ3) is 11.1. The van der Waals surface area contributed by atoms with Crippen molar-refractivity contribution in [2.45, 2.75) is 58.9 Å². The smallest absolute Gasteiger partial charge is 0.421 e. The predicted octanol–water partition coefficient (Wildman–Crippen LogP) is 4.61. The van der Waals surface area contributed by atoms with Gasteiger partial charge in [0.25, 0.3) is 0 Å². The first kappa shape index (κ1) is 20.5. The Morgan fingerprint density at radius 3 is 2.41 bits per heavy atom. The van der Waals surface area contributed by atoms with Crippen molar-refractivity contribution in [1.82, 2.24) is 10.4 Å². The summed E-state index contributed by atoms with van der Waals surface area (Å²) < 4.78 is 4.92. The lowest BCUT2D eigenvalue weighted by Crippen LogP contribution is -2.45.